The van der Waals surface area contributed by atoms with Crippen LogP contribution in [0.3, 0.4) is 0 Å². The van der Waals surface area contributed by atoms with E-state index in [-0.39, 0.29) is 18.7 Å². The Balaban J connectivity index is 1.46. The summed E-state index contributed by atoms with van der Waals surface area (Å²) < 4.78 is 7.01. The summed E-state index contributed by atoms with van der Waals surface area (Å²) in [6, 6.07) is 21.6. The van der Waals surface area contributed by atoms with Crippen LogP contribution in [0, 0.1) is 20.8 Å². The van der Waals surface area contributed by atoms with Crippen molar-refractivity contribution in [2.24, 2.45) is 0 Å². The van der Waals surface area contributed by atoms with E-state index in [4.69, 9.17) is 4.52 Å². The molecular formula is C28H26N4O4. The highest BCUT2D eigenvalue weighted by atomic mass is 16.5. The lowest BCUT2D eigenvalue weighted by Crippen LogP contribution is -2.46. The molecule has 1 saturated heterocycles. The smallest absolute Gasteiger partial charge is 0.325 e. The average Bonchev–Trinajstić information content (AvgIpc) is 3.50. The molecule has 182 valence electrons. The molecule has 8 heteroatoms. The number of nitrogens with one attached hydrogen (secondary N) is 1. The zero-order valence-corrected chi connectivity index (χ0v) is 20.3. The minimum atomic E-state index is -1.30. The monoisotopic (exact) mass is 482 g/mol. The largest absolute Gasteiger partial charge is 0.360 e. The Morgan fingerprint density at radius 2 is 1.64 bits per heavy atom. The Morgan fingerprint density at radius 1 is 0.972 bits per heavy atom. The van der Waals surface area contributed by atoms with Crippen molar-refractivity contribution in [1.82, 2.24) is 19.9 Å². The van der Waals surface area contributed by atoms with E-state index in [2.05, 4.69) is 10.5 Å². The molecule has 0 unspecified atom stereocenters. The lowest BCUT2D eigenvalue weighted by Gasteiger charge is -2.27. The first-order valence-corrected chi connectivity index (χ1v) is 11.7. The van der Waals surface area contributed by atoms with E-state index in [0.717, 1.165) is 16.2 Å². The van der Waals surface area contributed by atoms with Gasteiger partial charge in [0.15, 0.2) is 17.1 Å². The molecule has 2 aromatic heterocycles. The number of hydrogen-bond donors (Lipinski definition) is 1. The van der Waals surface area contributed by atoms with Crippen LogP contribution in [-0.4, -0.2) is 38.9 Å². The highest BCUT2D eigenvalue weighted by Crippen LogP contribution is 2.33. The molecule has 36 heavy (non-hydrogen) atoms. The number of ketones is 1. The topological polar surface area (TPSA) is 97.4 Å². The van der Waals surface area contributed by atoms with Crippen molar-refractivity contribution in [1.29, 1.82) is 0 Å². The zero-order valence-electron chi connectivity index (χ0n) is 20.3. The van der Waals surface area contributed by atoms with Crippen molar-refractivity contribution in [3.8, 4) is 5.82 Å². The number of benzene rings is 2. The van der Waals surface area contributed by atoms with Crippen LogP contribution in [-0.2, 0) is 16.8 Å². The summed E-state index contributed by atoms with van der Waals surface area (Å²) in [7, 11) is 0. The summed E-state index contributed by atoms with van der Waals surface area (Å²) in [5.74, 6) is 0.446. The van der Waals surface area contributed by atoms with Crippen molar-refractivity contribution < 1.29 is 18.9 Å². The first-order valence-electron chi connectivity index (χ1n) is 11.7. The van der Waals surface area contributed by atoms with Crippen LogP contribution in [0.1, 0.15) is 38.6 Å². The van der Waals surface area contributed by atoms with Gasteiger partial charge >= 0.3 is 6.03 Å². The highest BCUT2D eigenvalue weighted by Gasteiger charge is 2.52. The number of aromatic nitrogens is 2. The van der Waals surface area contributed by atoms with Crippen molar-refractivity contribution >= 4 is 17.7 Å². The standard InChI is InChI=1S/C28H26N4O4/c1-18-14-23(20(3)32(18)25-15-19(2)36-30-25)24(33)17-31-26(34)28(29-27(31)35,22-12-8-5-9-13-22)16-21-10-6-4-7-11-21/h4-15H,16-17H2,1-3H3,(H,29,35)/t28-/m1/s1. The third-order valence-electron chi connectivity index (χ3n) is 6.63. The van der Waals surface area contributed by atoms with E-state index in [0.29, 0.717) is 28.4 Å². The summed E-state index contributed by atoms with van der Waals surface area (Å²) >= 11 is 0. The zero-order chi connectivity index (χ0) is 25.4. The first-order chi connectivity index (χ1) is 17.3. The molecule has 1 aliphatic rings. The van der Waals surface area contributed by atoms with Crippen LogP contribution in [0.15, 0.2) is 77.3 Å². The van der Waals surface area contributed by atoms with Crippen molar-refractivity contribution in [2.45, 2.75) is 32.7 Å². The Morgan fingerprint density at radius 3 is 2.28 bits per heavy atom. The van der Waals surface area contributed by atoms with Crippen molar-refractivity contribution in [3.63, 3.8) is 0 Å². The predicted octanol–water partition coefficient (Wildman–Crippen LogP) is 4.26. The molecule has 3 heterocycles. The predicted molar refractivity (Wildman–Crippen MR) is 133 cm³/mol. The van der Waals surface area contributed by atoms with Gasteiger partial charge in [0.25, 0.3) is 5.91 Å². The quantitative estimate of drug-likeness (QED) is 0.314. The number of Topliss-reactive ketones (excluding diaryl/α,β-unsaturated/α-hetero) is 1. The molecule has 2 aromatic carbocycles. The van der Waals surface area contributed by atoms with Crippen molar-refractivity contribution in [3.05, 3.63) is 107 Å². The normalized spacial score (nSPS) is 17.5. The molecule has 1 fully saturated rings. The van der Waals surface area contributed by atoms with E-state index in [1.54, 1.807) is 26.0 Å². The Hall–Kier alpha value is -4.46. The number of aryl methyl sites for hydroxylation is 2. The lowest BCUT2D eigenvalue weighted by molar-refractivity contribution is -0.131. The second-order valence-electron chi connectivity index (χ2n) is 9.09. The van der Waals surface area contributed by atoms with Gasteiger partial charge in [-0.3, -0.25) is 19.1 Å². The SMILES string of the molecule is Cc1cc(-n2c(C)cc(C(=O)CN3C(=O)N[C@](Cc4ccccc4)(c4ccccc4)C3=O)c2C)no1. The number of amides is 3. The molecule has 0 spiro atoms. The summed E-state index contributed by atoms with van der Waals surface area (Å²) in [4.78, 5) is 41.4. The maximum atomic E-state index is 13.9. The fourth-order valence-corrected chi connectivity index (χ4v) is 4.90. The molecule has 1 atom stereocenters. The average molecular weight is 483 g/mol. The lowest BCUT2D eigenvalue weighted by atomic mass is 9.83. The van der Waals surface area contributed by atoms with Crippen LogP contribution in [0.5, 0.6) is 0 Å². The molecule has 1 aliphatic heterocycles. The van der Waals surface area contributed by atoms with Gasteiger partial charge in [-0.05, 0) is 38.0 Å². The number of hydrogen-bond acceptors (Lipinski definition) is 5. The Bertz CT molecular complexity index is 1460. The van der Waals surface area contributed by atoms with E-state index in [1.807, 2.05) is 72.2 Å². The molecule has 0 aliphatic carbocycles. The molecule has 5 rings (SSSR count). The minimum absolute atomic E-state index is 0.271. The molecule has 8 nitrogen and oxygen atoms in total. The summed E-state index contributed by atoms with van der Waals surface area (Å²) in [5, 5.41) is 6.95. The highest BCUT2D eigenvalue weighted by molar-refractivity contribution is 6.11. The van der Waals surface area contributed by atoms with Crippen molar-refractivity contribution in [2.75, 3.05) is 6.54 Å². The molecule has 0 saturated carbocycles. The maximum Gasteiger partial charge on any atom is 0.325 e. The summed E-state index contributed by atoms with van der Waals surface area (Å²) in [6.45, 7) is 5.10. The number of nitrogens with zero attached hydrogens (tertiary/aromatic N) is 3. The molecule has 1 N–H and O–H groups in total. The fraction of sp³-hybridized carbons (Fsp3) is 0.214. The van der Waals surface area contributed by atoms with Crippen LogP contribution < -0.4 is 5.32 Å². The first kappa shape index (κ1) is 23.3. The second kappa shape index (κ2) is 8.96. The summed E-state index contributed by atoms with van der Waals surface area (Å²) in [6.07, 6.45) is 0.271. The molecular weight excluding hydrogens is 456 g/mol. The van der Waals surface area contributed by atoms with Gasteiger partial charge in [0.05, 0.1) is 6.54 Å². The van der Waals surface area contributed by atoms with E-state index in [1.165, 1.54) is 0 Å². The molecule has 3 amide bonds. The Kier molecular flexibility index (Phi) is 5.80. The van der Waals surface area contributed by atoms with Crippen LogP contribution >= 0.6 is 0 Å². The van der Waals surface area contributed by atoms with Gasteiger partial charge in [0.1, 0.15) is 5.76 Å². The second-order valence-corrected chi connectivity index (χ2v) is 9.09. The van der Waals surface area contributed by atoms with Gasteiger partial charge in [-0.15, -0.1) is 0 Å². The van der Waals surface area contributed by atoms with Gasteiger partial charge in [-0.25, -0.2) is 4.79 Å². The van der Waals surface area contributed by atoms with Gasteiger partial charge < -0.3 is 9.84 Å². The van der Waals surface area contributed by atoms with E-state index < -0.39 is 17.5 Å². The van der Waals surface area contributed by atoms with Crippen LogP contribution in [0.4, 0.5) is 4.79 Å². The number of imide groups is 1. The summed E-state index contributed by atoms with van der Waals surface area (Å²) in [5.41, 5.74) is 2.15. The molecule has 0 radical (unpaired) electrons. The number of carbonyl (C=O) groups is 3. The number of rotatable bonds is 7. The van der Waals surface area contributed by atoms with Gasteiger partial charge in [0, 0.05) is 29.4 Å². The van der Waals surface area contributed by atoms with Gasteiger partial charge in [0.2, 0.25) is 0 Å². The number of carbonyl (C=O) groups excluding carboxylic acids is 3. The minimum Gasteiger partial charge on any atom is -0.360 e. The van der Waals surface area contributed by atoms with Crippen LogP contribution in [0.2, 0.25) is 0 Å². The molecule has 0 bridgehead atoms. The third kappa shape index (κ3) is 3.90. The van der Waals surface area contributed by atoms with Crippen LogP contribution in [0.25, 0.3) is 5.82 Å². The molecule has 4 aromatic rings. The third-order valence-corrected chi connectivity index (χ3v) is 6.63. The van der Waals surface area contributed by atoms with Gasteiger partial charge in [-0.1, -0.05) is 65.8 Å². The fourth-order valence-electron chi connectivity index (χ4n) is 4.90. The van der Waals surface area contributed by atoms with E-state index in [9.17, 15) is 14.4 Å². The van der Waals surface area contributed by atoms with E-state index >= 15 is 0 Å². The number of urea groups is 1. The maximum absolute atomic E-state index is 13.9. The Labute approximate surface area is 208 Å². The van der Waals surface area contributed by atoms with Gasteiger partial charge in [-0.2, -0.15) is 0 Å².